The van der Waals surface area contributed by atoms with Gasteiger partial charge in [-0.15, -0.1) is 0 Å². The summed E-state index contributed by atoms with van der Waals surface area (Å²) in [5.41, 5.74) is 5.67. The second-order valence-corrected chi connectivity index (χ2v) is 7.04. The first kappa shape index (κ1) is 15.8. The van der Waals surface area contributed by atoms with E-state index in [0.29, 0.717) is 19.6 Å². The summed E-state index contributed by atoms with van der Waals surface area (Å²) in [6, 6.07) is -0.118. The lowest BCUT2D eigenvalue weighted by atomic mass is 10.2. The molecule has 7 heteroatoms. The second-order valence-electron chi connectivity index (χ2n) is 5.00. The van der Waals surface area contributed by atoms with Crippen molar-refractivity contribution in [1.82, 2.24) is 9.21 Å². The SMILES string of the molecule is CC(C)OCCS(=O)(=O)N1CCN(C)CC1CN. The van der Waals surface area contributed by atoms with Gasteiger partial charge in [0.15, 0.2) is 0 Å². The van der Waals surface area contributed by atoms with Gasteiger partial charge >= 0.3 is 0 Å². The summed E-state index contributed by atoms with van der Waals surface area (Å²) < 4.78 is 31.3. The Morgan fingerprint density at radius 2 is 2.06 bits per heavy atom. The van der Waals surface area contributed by atoms with Gasteiger partial charge in [0.05, 0.1) is 18.5 Å². The van der Waals surface area contributed by atoms with Gasteiger partial charge in [0.1, 0.15) is 0 Å². The van der Waals surface area contributed by atoms with Crippen LogP contribution in [0.25, 0.3) is 0 Å². The van der Waals surface area contributed by atoms with E-state index in [4.69, 9.17) is 10.5 Å². The maximum Gasteiger partial charge on any atom is 0.216 e. The summed E-state index contributed by atoms with van der Waals surface area (Å²) in [4.78, 5) is 2.11. The molecular formula is C11H25N3O3S. The molecular weight excluding hydrogens is 254 g/mol. The predicted octanol–water partition coefficient (Wildman–Crippen LogP) is -0.684. The largest absolute Gasteiger partial charge is 0.378 e. The Labute approximate surface area is 110 Å². The molecule has 1 atom stereocenters. The van der Waals surface area contributed by atoms with Gasteiger partial charge < -0.3 is 15.4 Å². The normalized spacial score (nSPS) is 23.7. The van der Waals surface area contributed by atoms with Crippen molar-refractivity contribution < 1.29 is 13.2 Å². The molecule has 0 amide bonds. The van der Waals surface area contributed by atoms with Crippen LogP contribution in [0.4, 0.5) is 0 Å². The van der Waals surface area contributed by atoms with Crippen molar-refractivity contribution in [1.29, 1.82) is 0 Å². The fourth-order valence-electron chi connectivity index (χ4n) is 2.06. The van der Waals surface area contributed by atoms with Crippen molar-refractivity contribution in [2.75, 3.05) is 45.6 Å². The minimum Gasteiger partial charge on any atom is -0.378 e. The number of hydrogen-bond acceptors (Lipinski definition) is 5. The first-order valence-electron chi connectivity index (χ1n) is 6.36. The van der Waals surface area contributed by atoms with Gasteiger partial charge in [-0.1, -0.05) is 0 Å². The molecule has 1 aliphatic heterocycles. The van der Waals surface area contributed by atoms with Crippen molar-refractivity contribution in [2.45, 2.75) is 26.0 Å². The van der Waals surface area contributed by atoms with E-state index in [2.05, 4.69) is 4.90 Å². The van der Waals surface area contributed by atoms with Crippen LogP contribution in [0.15, 0.2) is 0 Å². The molecule has 0 bridgehead atoms. The van der Waals surface area contributed by atoms with E-state index in [9.17, 15) is 8.42 Å². The van der Waals surface area contributed by atoms with Crippen LogP contribution < -0.4 is 5.73 Å². The lowest BCUT2D eigenvalue weighted by molar-refractivity contribution is 0.0897. The first-order chi connectivity index (χ1) is 8.36. The summed E-state index contributed by atoms with van der Waals surface area (Å²) in [7, 11) is -1.28. The van der Waals surface area contributed by atoms with Gasteiger partial charge in [-0.05, 0) is 20.9 Å². The zero-order valence-electron chi connectivity index (χ0n) is 11.5. The van der Waals surface area contributed by atoms with E-state index in [1.807, 2.05) is 20.9 Å². The maximum absolute atomic E-state index is 12.2. The molecule has 1 aliphatic rings. The van der Waals surface area contributed by atoms with Gasteiger partial charge in [-0.3, -0.25) is 0 Å². The van der Waals surface area contributed by atoms with Crippen molar-refractivity contribution in [3.05, 3.63) is 0 Å². The standard InChI is InChI=1S/C11H25N3O3S/c1-10(2)17-6-7-18(15,16)14-5-4-13(3)9-11(14)8-12/h10-11H,4-9,12H2,1-3H3. The van der Waals surface area contributed by atoms with Crippen molar-refractivity contribution in [3.63, 3.8) is 0 Å². The molecule has 1 heterocycles. The van der Waals surface area contributed by atoms with Crippen LogP contribution >= 0.6 is 0 Å². The Morgan fingerprint density at radius 1 is 1.39 bits per heavy atom. The van der Waals surface area contributed by atoms with Crippen LogP contribution in [0.3, 0.4) is 0 Å². The van der Waals surface area contributed by atoms with Gasteiger partial charge in [0, 0.05) is 32.2 Å². The van der Waals surface area contributed by atoms with Crippen molar-refractivity contribution >= 4 is 10.0 Å². The lowest BCUT2D eigenvalue weighted by Gasteiger charge is -2.38. The first-order valence-corrected chi connectivity index (χ1v) is 7.97. The third-order valence-corrected chi connectivity index (χ3v) is 4.93. The number of piperazine rings is 1. The molecule has 1 rings (SSSR count). The number of ether oxygens (including phenoxy) is 1. The zero-order chi connectivity index (χ0) is 13.8. The van der Waals surface area contributed by atoms with E-state index in [1.165, 1.54) is 4.31 Å². The van der Waals surface area contributed by atoms with E-state index in [0.717, 1.165) is 6.54 Å². The van der Waals surface area contributed by atoms with Crippen LogP contribution in [0.2, 0.25) is 0 Å². The van der Waals surface area contributed by atoms with Gasteiger partial charge in [-0.2, -0.15) is 4.31 Å². The zero-order valence-corrected chi connectivity index (χ0v) is 12.3. The molecule has 1 unspecified atom stereocenters. The summed E-state index contributed by atoms with van der Waals surface area (Å²) in [5.74, 6) is 0.0331. The third-order valence-electron chi connectivity index (χ3n) is 3.05. The predicted molar refractivity (Wildman–Crippen MR) is 71.9 cm³/mol. The van der Waals surface area contributed by atoms with Crippen LogP contribution in [0.5, 0.6) is 0 Å². The van der Waals surface area contributed by atoms with Crippen LogP contribution in [-0.4, -0.2) is 75.4 Å². The molecule has 0 saturated carbocycles. The van der Waals surface area contributed by atoms with Gasteiger partial charge in [0.2, 0.25) is 10.0 Å². The van der Waals surface area contributed by atoms with Crippen LogP contribution in [0, 0.1) is 0 Å². The molecule has 0 radical (unpaired) electrons. The average molecular weight is 279 g/mol. The number of sulfonamides is 1. The molecule has 0 spiro atoms. The van der Waals surface area contributed by atoms with E-state index in [-0.39, 0.29) is 24.5 Å². The molecule has 0 aromatic carbocycles. The summed E-state index contributed by atoms with van der Waals surface area (Å²) in [6.45, 7) is 6.35. The molecule has 0 aliphatic carbocycles. The molecule has 6 nitrogen and oxygen atoms in total. The highest BCUT2D eigenvalue weighted by atomic mass is 32.2. The number of nitrogens with zero attached hydrogens (tertiary/aromatic N) is 2. The number of nitrogens with two attached hydrogens (primary N) is 1. The van der Waals surface area contributed by atoms with E-state index in [1.54, 1.807) is 0 Å². The molecule has 108 valence electrons. The molecule has 0 aromatic heterocycles. The molecule has 2 N–H and O–H groups in total. The van der Waals surface area contributed by atoms with Gasteiger partial charge in [-0.25, -0.2) is 8.42 Å². The lowest BCUT2D eigenvalue weighted by Crippen LogP contribution is -2.57. The number of hydrogen-bond donors (Lipinski definition) is 1. The van der Waals surface area contributed by atoms with Crippen molar-refractivity contribution in [2.24, 2.45) is 5.73 Å². The highest BCUT2D eigenvalue weighted by molar-refractivity contribution is 7.89. The summed E-state index contributed by atoms with van der Waals surface area (Å²) >= 11 is 0. The van der Waals surface area contributed by atoms with Crippen molar-refractivity contribution in [3.8, 4) is 0 Å². The monoisotopic (exact) mass is 279 g/mol. The Balaban J connectivity index is 2.59. The van der Waals surface area contributed by atoms with Crippen LogP contribution in [-0.2, 0) is 14.8 Å². The maximum atomic E-state index is 12.2. The molecule has 1 fully saturated rings. The highest BCUT2D eigenvalue weighted by Crippen LogP contribution is 2.13. The molecule has 18 heavy (non-hydrogen) atoms. The Hall–Kier alpha value is -0.210. The smallest absolute Gasteiger partial charge is 0.216 e. The minimum atomic E-state index is -3.26. The Bertz CT molecular complexity index is 345. The summed E-state index contributed by atoms with van der Waals surface area (Å²) in [6.07, 6.45) is 0.0537. The Morgan fingerprint density at radius 3 is 2.61 bits per heavy atom. The third kappa shape index (κ3) is 4.47. The van der Waals surface area contributed by atoms with E-state index >= 15 is 0 Å². The minimum absolute atomic E-state index is 0.0331. The fraction of sp³-hybridized carbons (Fsp3) is 1.00. The number of likely N-dealkylation sites (N-methyl/N-ethyl adjacent to an activating group) is 1. The molecule has 1 saturated heterocycles. The topological polar surface area (TPSA) is 75.9 Å². The average Bonchev–Trinajstić information content (AvgIpc) is 2.27. The van der Waals surface area contributed by atoms with Crippen LogP contribution in [0.1, 0.15) is 13.8 Å². The second kappa shape index (κ2) is 6.81. The Kier molecular flexibility index (Phi) is 6.00. The summed E-state index contributed by atoms with van der Waals surface area (Å²) in [5, 5.41) is 0. The van der Waals surface area contributed by atoms with Gasteiger partial charge in [0.25, 0.3) is 0 Å². The molecule has 0 aromatic rings. The fourth-order valence-corrected chi connectivity index (χ4v) is 3.57. The highest BCUT2D eigenvalue weighted by Gasteiger charge is 2.32. The quantitative estimate of drug-likeness (QED) is 0.697. The number of rotatable bonds is 6. The van der Waals surface area contributed by atoms with E-state index < -0.39 is 10.0 Å².